The van der Waals surface area contributed by atoms with Crippen molar-refractivity contribution in [3.05, 3.63) is 30.6 Å². The van der Waals surface area contributed by atoms with E-state index in [1.54, 1.807) is 13.3 Å². The summed E-state index contributed by atoms with van der Waals surface area (Å²) >= 11 is 0. The predicted octanol–water partition coefficient (Wildman–Crippen LogP) is 3.22. The number of nitrogens with zero attached hydrogens (tertiary/aromatic N) is 3. The van der Waals surface area contributed by atoms with Gasteiger partial charge < -0.3 is 29.4 Å². The Balaban J connectivity index is 1.15. The highest BCUT2D eigenvalue weighted by Crippen LogP contribution is 2.42. The SMILES string of the molecule is COc1nccc(OC2CC2)c1-c1c[nH]c2nc(NC(=O)C3CC3OCCN3CCC3)ccc12. The Morgan fingerprint density at radius 2 is 2.15 bits per heavy atom. The molecule has 0 radical (unpaired) electrons. The minimum atomic E-state index is -0.102. The average molecular weight is 464 g/mol. The van der Waals surface area contributed by atoms with Crippen molar-refractivity contribution in [2.75, 3.05) is 38.7 Å². The molecule has 178 valence electrons. The third-order valence-electron chi connectivity index (χ3n) is 6.71. The Morgan fingerprint density at radius 1 is 1.26 bits per heavy atom. The zero-order valence-corrected chi connectivity index (χ0v) is 19.3. The molecule has 0 spiro atoms. The molecule has 1 aliphatic heterocycles. The number of anilines is 1. The summed E-state index contributed by atoms with van der Waals surface area (Å²) in [4.78, 5) is 27.2. The minimum absolute atomic E-state index is 0.0185. The molecule has 3 fully saturated rings. The minimum Gasteiger partial charge on any atom is -0.490 e. The van der Waals surface area contributed by atoms with Crippen molar-refractivity contribution in [2.45, 2.75) is 37.9 Å². The average Bonchev–Trinajstić information content (AvgIpc) is 3.73. The number of aromatic amines is 1. The third-order valence-corrected chi connectivity index (χ3v) is 6.71. The van der Waals surface area contributed by atoms with E-state index >= 15 is 0 Å². The van der Waals surface area contributed by atoms with Gasteiger partial charge in [0.05, 0.1) is 37.4 Å². The molecule has 1 amide bonds. The van der Waals surface area contributed by atoms with E-state index in [-0.39, 0.29) is 24.0 Å². The molecule has 2 unspecified atom stereocenters. The van der Waals surface area contributed by atoms with Crippen molar-refractivity contribution < 1.29 is 19.0 Å². The van der Waals surface area contributed by atoms with Gasteiger partial charge in [0.2, 0.25) is 11.8 Å². The van der Waals surface area contributed by atoms with Gasteiger partial charge in [-0.05, 0) is 57.0 Å². The van der Waals surface area contributed by atoms with Crippen LogP contribution in [0, 0.1) is 5.92 Å². The van der Waals surface area contributed by atoms with Gasteiger partial charge in [-0.15, -0.1) is 0 Å². The molecule has 3 aromatic heterocycles. The lowest BCUT2D eigenvalue weighted by Crippen LogP contribution is -2.39. The summed E-state index contributed by atoms with van der Waals surface area (Å²) in [6, 6.07) is 5.64. The van der Waals surface area contributed by atoms with Gasteiger partial charge in [0.25, 0.3) is 0 Å². The highest BCUT2D eigenvalue weighted by atomic mass is 16.5. The summed E-state index contributed by atoms with van der Waals surface area (Å²) in [5.41, 5.74) is 2.38. The van der Waals surface area contributed by atoms with Gasteiger partial charge in [0.15, 0.2) is 0 Å². The summed E-state index contributed by atoms with van der Waals surface area (Å²) in [5.74, 6) is 1.63. The van der Waals surface area contributed by atoms with E-state index in [2.05, 4.69) is 25.2 Å². The summed E-state index contributed by atoms with van der Waals surface area (Å²) in [6.45, 7) is 3.96. The maximum Gasteiger partial charge on any atom is 0.231 e. The Bertz CT molecular complexity index is 1200. The number of rotatable bonds is 10. The van der Waals surface area contributed by atoms with Gasteiger partial charge in [-0.1, -0.05) is 0 Å². The van der Waals surface area contributed by atoms with Gasteiger partial charge in [-0.25, -0.2) is 9.97 Å². The second-order valence-electron chi connectivity index (χ2n) is 9.24. The molecule has 0 bridgehead atoms. The Morgan fingerprint density at radius 3 is 2.91 bits per heavy atom. The van der Waals surface area contributed by atoms with Gasteiger partial charge in [0.1, 0.15) is 17.2 Å². The molecular formula is C25H29N5O4. The first-order valence-corrected chi connectivity index (χ1v) is 12.0. The maximum absolute atomic E-state index is 12.7. The lowest BCUT2D eigenvalue weighted by Gasteiger charge is -2.30. The molecule has 6 rings (SSSR count). The highest BCUT2D eigenvalue weighted by Gasteiger charge is 2.44. The van der Waals surface area contributed by atoms with Crippen LogP contribution in [0.1, 0.15) is 25.7 Å². The maximum atomic E-state index is 12.7. The van der Waals surface area contributed by atoms with Gasteiger partial charge in [-0.2, -0.15) is 0 Å². The van der Waals surface area contributed by atoms with Crippen molar-refractivity contribution in [1.29, 1.82) is 0 Å². The van der Waals surface area contributed by atoms with Crippen molar-refractivity contribution in [1.82, 2.24) is 19.9 Å². The number of carbonyl (C=O) groups excluding carboxylic acids is 1. The van der Waals surface area contributed by atoms with Crippen molar-refractivity contribution in [3.8, 4) is 22.8 Å². The topological polar surface area (TPSA) is 102 Å². The van der Waals surface area contributed by atoms with E-state index in [9.17, 15) is 4.79 Å². The smallest absolute Gasteiger partial charge is 0.231 e. The number of carbonyl (C=O) groups is 1. The number of amides is 1. The molecule has 4 heterocycles. The molecule has 3 aromatic rings. The quantitative estimate of drug-likeness (QED) is 0.476. The Hall–Kier alpha value is -3.17. The molecule has 9 nitrogen and oxygen atoms in total. The van der Waals surface area contributed by atoms with Crippen molar-refractivity contribution >= 4 is 22.8 Å². The number of ether oxygens (including phenoxy) is 3. The first-order valence-electron chi connectivity index (χ1n) is 12.0. The number of hydrogen-bond donors (Lipinski definition) is 2. The summed E-state index contributed by atoms with van der Waals surface area (Å²) in [7, 11) is 1.60. The summed E-state index contributed by atoms with van der Waals surface area (Å²) in [6.07, 6.45) is 8.02. The lowest BCUT2D eigenvalue weighted by atomic mass is 10.1. The second kappa shape index (κ2) is 8.88. The fourth-order valence-corrected chi connectivity index (χ4v) is 4.36. The predicted molar refractivity (Wildman–Crippen MR) is 127 cm³/mol. The zero-order chi connectivity index (χ0) is 23.1. The van der Waals surface area contributed by atoms with E-state index in [0.717, 1.165) is 61.2 Å². The van der Waals surface area contributed by atoms with Crippen LogP contribution >= 0.6 is 0 Å². The number of nitrogens with one attached hydrogen (secondary N) is 2. The zero-order valence-electron chi connectivity index (χ0n) is 19.3. The Kier molecular flexibility index (Phi) is 5.58. The van der Waals surface area contributed by atoms with E-state index in [0.29, 0.717) is 24.0 Å². The monoisotopic (exact) mass is 463 g/mol. The molecule has 0 aromatic carbocycles. The molecule has 2 saturated carbocycles. The van der Waals surface area contributed by atoms with Crippen LogP contribution in [0.4, 0.5) is 5.82 Å². The molecular weight excluding hydrogens is 434 g/mol. The second-order valence-corrected chi connectivity index (χ2v) is 9.24. The fourth-order valence-electron chi connectivity index (χ4n) is 4.36. The van der Waals surface area contributed by atoms with Crippen molar-refractivity contribution in [2.24, 2.45) is 5.92 Å². The van der Waals surface area contributed by atoms with Crippen molar-refractivity contribution in [3.63, 3.8) is 0 Å². The number of likely N-dealkylation sites (tertiary alicyclic amines) is 1. The van der Waals surface area contributed by atoms with E-state index in [1.807, 2.05) is 24.4 Å². The number of aromatic nitrogens is 3. The van der Waals surface area contributed by atoms with Crippen LogP contribution in [0.25, 0.3) is 22.2 Å². The van der Waals surface area contributed by atoms with Gasteiger partial charge in [-0.3, -0.25) is 4.79 Å². The number of fused-ring (bicyclic) bond motifs is 1. The molecule has 2 N–H and O–H groups in total. The van der Waals surface area contributed by atoms with Gasteiger partial charge in [0, 0.05) is 29.9 Å². The largest absolute Gasteiger partial charge is 0.490 e. The molecule has 3 aliphatic rings. The summed E-state index contributed by atoms with van der Waals surface area (Å²) in [5, 5.41) is 3.85. The molecule has 1 saturated heterocycles. The van der Waals surface area contributed by atoms with Gasteiger partial charge >= 0.3 is 0 Å². The molecule has 2 atom stereocenters. The number of methoxy groups -OCH3 is 1. The van der Waals surface area contributed by atoms with E-state index < -0.39 is 0 Å². The first kappa shape index (κ1) is 21.4. The van der Waals surface area contributed by atoms with E-state index in [1.165, 1.54) is 6.42 Å². The van der Waals surface area contributed by atoms with Crippen LogP contribution < -0.4 is 14.8 Å². The third kappa shape index (κ3) is 4.33. The number of pyridine rings is 2. The van der Waals surface area contributed by atoms with E-state index in [4.69, 9.17) is 14.2 Å². The molecule has 34 heavy (non-hydrogen) atoms. The highest BCUT2D eigenvalue weighted by molar-refractivity contribution is 5.99. The van der Waals surface area contributed by atoms with Crippen LogP contribution in [0.15, 0.2) is 30.6 Å². The molecule has 2 aliphatic carbocycles. The number of H-pyrrole nitrogens is 1. The van der Waals surface area contributed by atoms with Crippen LogP contribution in [0.5, 0.6) is 11.6 Å². The lowest BCUT2D eigenvalue weighted by molar-refractivity contribution is -0.118. The van der Waals surface area contributed by atoms with Crippen LogP contribution in [0.3, 0.4) is 0 Å². The van der Waals surface area contributed by atoms with Crippen LogP contribution in [0.2, 0.25) is 0 Å². The molecule has 9 heteroatoms. The number of hydrogen-bond acceptors (Lipinski definition) is 7. The fraction of sp³-hybridized carbons (Fsp3) is 0.480. The standard InChI is InChI=1S/C25H29N5O4/c1-32-25-22(19(7-8-26-25)34-15-3-4-15)18-14-27-23-16(18)5-6-21(28-23)29-24(31)17-13-20(17)33-12-11-30-9-2-10-30/h5-8,14-15,17,20H,2-4,9-13H2,1H3,(H2,27,28,29,31). The first-order chi connectivity index (χ1) is 16.7. The normalized spacial score (nSPS) is 21.8. The summed E-state index contributed by atoms with van der Waals surface area (Å²) < 4.78 is 17.5. The Labute approximate surface area is 197 Å². The van der Waals surface area contributed by atoms with Crippen LogP contribution in [-0.2, 0) is 9.53 Å². The van der Waals surface area contributed by atoms with Crippen LogP contribution in [-0.4, -0.2) is 71.3 Å².